The van der Waals surface area contributed by atoms with Crippen LogP contribution in [-0.4, -0.2) is 43.9 Å². The van der Waals surface area contributed by atoms with E-state index >= 15 is 0 Å². The molecule has 0 bridgehead atoms. The van der Waals surface area contributed by atoms with Crippen molar-refractivity contribution in [2.24, 2.45) is 5.92 Å². The fourth-order valence-electron chi connectivity index (χ4n) is 4.28. The lowest BCUT2D eigenvalue weighted by Gasteiger charge is -2.32. The monoisotopic (exact) mass is 426 g/mol. The number of rotatable bonds is 6. The minimum atomic E-state index is -0.00895. The Hall–Kier alpha value is -3.71. The molecule has 7 heteroatoms. The number of nitrogens with zero attached hydrogens (tertiary/aromatic N) is 4. The molecule has 162 valence electrons. The third kappa shape index (κ3) is 4.63. The zero-order chi connectivity index (χ0) is 21.8. The highest BCUT2D eigenvalue weighted by molar-refractivity contribution is 5.93. The van der Waals surface area contributed by atoms with Gasteiger partial charge >= 0.3 is 0 Å². The lowest BCUT2D eigenvalue weighted by Crippen LogP contribution is -2.40. The average Bonchev–Trinajstić information content (AvgIpc) is 3.55. The minimum absolute atomic E-state index is 0.00895. The standard InChI is InChI=1S/C25H26N6O/c32-25(28-22-9-7-20(8-10-22)24-11-13-26-29-24)21-5-2-14-30(18-21)17-19-4-1-6-23(16-19)31-15-3-12-27-31/h1,3-4,6-13,15-16,21H,2,5,14,17-18H2,(H,26,29)(H,28,32). The SMILES string of the molecule is O=C(Nc1ccc(-c2ccn[nH]2)cc1)C1CCCN(Cc2cccc(-n3cccn3)c2)C1. The number of amides is 1. The molecule has 0 spiro atoms. The van der Waals surface area contributed by atoms with Crippen LogP contribution in [0.25, 0.3) is 16.9 Å². The van der Waals surface area contributed by atoms with Crippen molar-refractivity contribution in [3.8, 4) is 16.9 Å². The maximum atomic E-state index is 12.9. The number of nitrogens with one attached hydrogen (secondary N) is 2. The van der Waals surface area contributed by atoms with E-state index in [-0.39, 0.29) is 11.8 Å². The highest BCUT2D eigenvalue weighted by atomic mass is 16.1. The largest absolute Gasteiger partial charge is 0.326 e. The van der Waals surface area contributed by atoms with E-state index in [9.17, 15) is 4.79 Å². The molecule has 0 radical (unpaired) electrons. The van der Waals surface area contributed by atoms with Gasteiger partial charge < -0.3 is 5.32 Å². The molecule has 1 amide bonds. The zero-order valence-corrected chi connectivity index (χ0v) is 17.8. The van der Waals surface area contributed by atoms with Crippen molar-refractivity contribution in [2.75, 3.05) is 18.4 Å². The van der Waals surface area contributed by atoms with E-state index in [0.717, 1.165) is 55.1 Å². The summed E-state index contributed by atoms with van der Waals surface area (Å²) in [6.45, 7) is 2.61. The second-order valence-electron chi connectivity index (χ2n) is 8.23. The topological polar surface area (TPSA) is 78.8 Å². The van der Waals surface area contributed by atoms with Crippen LogP contribution in [0.2, 0.25) is 0 Å². The van der Waals surface area contributed by atoms with Gasteiger partial charge in [0.05, 0.1) is 17.3 Å². The van der Waals surface area contributed by atoms with E-state index in [2.05, 4.69) is 49.8 Å². The van der Waals surface area contributed by atoms with Gasteiger partial charge in [0.25, 0.3) is 0 Å². The number of aromatic nitrogens is 4. The van der Waals surface area contributed by atoms with Crippen LogP contribution in [0.1, 0.15) is 18.4 Å². The first kappa shape index (κ1) is 20.2. The summed E-state index contributed by atoms with van der Waals surface area (Å²) >= 11 is 0. The van der Waals surface area contributed by atoms with Crippen LogP contribution in [0.5, 0.6) is 0 Å². The van der Waals surface area contributed by atoms with Gasteiger partial charge in [-0.05, 0) is 66.9 Å². The molecule has 0 aliphatic carbocycles. The van der Waals surface area contributed by atoms with Gasteiger partial charge in [-0.25, -0.2) is 4.68 Å². The lowest BCUT2D eigenvalue weighted by atomic mass is 9.96. The van der Waals surface area contributed by atoms with Crippen LogP contribution in [0.3, 0.4) is 0 Å². The summed E-state index contributed by atoms with van der Waals surface area (Å²) in [6.07, 6.45) is 7.40. The lowest BCUT2D eigenvalue weighted by molar-refractivity contribution is -0.121. The second kappa shape index (κ2) is 9.20. The van der Waals surface area contributed by atoms with Crippen molar-refractivity contribution in [3.63, 3.8) is 0 Å². The summed E-state index contributed by atoms with van der Waals surface area (Å²) in [7, 11) is 0. The van der Waals surface area contributed by atoms with Gasteiger partial charge in [-0.15, -0.1) is 0 Å². The molecule has 32 heavy (non-hydrogen) atoms. The predicted molar refractivity (Wildman–Crippen MR) is 124 cm³/mol. The van der Waals surface area contributed by atoms with Gasteiger partial charge in [-0.1, -0.05) is 24.3 Å². The Morgan fingerprint density at radius 1 is 1.09 bits per heavy atom. The van der Waals surface area contributed by atoms with Gasteiger partial charge in [0.15, 0.2) is 0 Å². The molecule has 4 aromatic rings. The number of carbonyl (C=O) groups is 1. The van der Waals surface area contributed by atoms with Crippen LogP contribution in [0.4, 0.5) is 5.69 Å². The third-order valence-electron chi connectivity index (χ3n) is 5.93. The van der Waals surface area contributed by atoms with Gasteiger partial charge in [0.1, 0.15) is 0 Å². The molecule has 1 aliphatic heterocycles. The van der Waals surface area contributed by atoms with Gasteiger partial charge in [0.2, 0.25) is 5.91 Å². The number of hydrogen-bond donors (Lipinski definition) is 2. The molecule has 0 saturated carbocycles. The molecule has 5 rings (SSSR count). The third-order valence-corrected chi connectivity index (χ3v) is 5.93. The van der Waals surface area contributed by atoms with E-state index in [1.165, 1.54) is 5.56 Å². The van der Waals surface area contributed by atoms with Crippen molar-refractivity contribution < 1.29 is 4.79 Å². The summed E-state index contributed by atoms with van der Waals surface area (Å²) in [5, 5.41) is 14.3. The Kier molecular flexibility index (Phi) is 5.81. The fraction of sp³-hybridized carbons (Fsp3) is 0.240. The van der Waals surface area contributed by atoms with Crippen LogP contribution in [0.15, 0.2) is 79.3 Å². The summed E-state index contributed by atoms with van der Waals surface area (Å²) in [4.78, 5) is 15.3. The van der Waals surface area contributed by atoms with Gasteiger partial charge in [0, 0.05) is 37.4 Å². The van der Waals surface area contributed by atoms with Crippen molar-refractivity contribution in [2.45, 2.75) is 19.4 Å². The number of aromatic amines is 1. The van der Waals surface area contributed by atoms with E-state index in [0.29, 0.717) is 0 Å². The fourth-order valence-corrected chi connectivity index (χ4v) is 4.28. The van der Waals surface area contributed by atoms with E-state index < -0.39 is 0 Å². The first-order valence-corrected chi connectivity index (χ1v) is 11.0. The highest BCUT2D eigenvalue weighted by Gasteiger charge is 2.26. The van der Waals surface area contributed by atoms with E-state index in [4.69, 9.17) is 0 Å². The Balaban J connectivity index is 1.19. The summed E-state index contributed by atoms with van der Waals surface area (Å²) in [5.74, 6) is 0.0830. The molecule has 7 nitrogen and oxygen atoms in total. The van der Waals surface area contributed by atoms with Crippen LogP contribution in [-0.2, 0) is 11.3 Å². The van der Waals surface area contributed by atoms with Crippen molar-refractivity contribution in [1.29, 1.82) is 0 Å². The molecule has 1 unspecified atom stereocenters. The normalized spacial score (nSPS) is 16.7. The van der Waals surface area contributed by atoms with Gasteiger partial charge in [-0.3, -0.25) is 14.8 Å². The molecule has 2 aromatic heterocycles. The quantitative estimate of drug-likeness (QED) is 0.486. The number of anilines is 1. The number of benzene rings is 2. The maximum absolute atomic E-state index is 12.9. The smallest absolute Gasteiger partial charge is 0.228 e. The van der Waals surface area contributed by atoms with Crippen LogP contribution < -0.4 is 5.32 Å². The molecule has 1 atom stereocenters. The minimum Gasteiger partial charge on any atom is -0.326 e. The van der Waals surface area contributed by atoms with Crippen molar-refractivity contribution >= 4 is 11.6 Å². The summed E-state index contributed by atoms with van der Waals surface area (Å²) in [5.41, 5.74) is 5.11. The highest BCUT2D eigenvalue weighted by Crippen LogP contribution is 2.23. The van der Waals surface area contributed by atoms with E-state index in [1.54, 1.807) is 12.4 Å². The van der Waals surface area contributed by atoms with Crippen LogP contribution in [0, 0.1) is 5.92 Å². The number of carbonyl (C=O) groups excluding carboxylic acids is 1. The second-order valence-corrected chi connectivity index (χ2v) is 8.23. The van der Waals surface area contributed by atoms with Gasteiger partial charge in [-0.2, -0.15) is 10.2 Å². The molecule has 3 heterocycles. The Morgan fingerprint density at radius 3 is 2.78 bits per heavy atom. The Bertz CT molecular complexity index is 1150. The van der Waals surface area contributed by atoms with Crippen molar-refractivity contribution in [1.82, 2.24) is 24.9 Å². The first-order chi connectivity index (χ1) is 15.7. The zero-order valence-electron chi connectivity index (χ0n) is 17.8. The number of piperidine rings is 1. The van der Waals surface area contributed by atoms with Crippen LogP contribution >= 0.6 is 0 Å². The molecule has 1 fully saturated rings. The first-order valence-electron chi connectivity index (χ1n) is 11.0. The van der Waals surface area contributed by atoms with E-state index in [1.807, 2.05) is 47.3 Å². The number of hydrogen-bond acceptors (Lipinski definition) is 4. The molecule has 2 N–H and O–H groups in total. The summed E-state index contributed by atoms with van der Waals surface area (Å²) in [6, 6.07) is 20.1. The predicted octanol–water partition coefficient (Wildman–Crippen LogP) is 4.11. The molecular formula is C25H26N6O. The number of H-pyrrole nitrogens is 1. The Morgan fingerprint density at radius 2 is 2.00 bits per heavy atom. The summed E-state index contributed by atoms with van der Waals surface area (Å²) < 4.78 is 1.87. The maximum Gasteiger partial charge on any atom is 0.228 e. The molecule has 1 saturated heterocycles. The molecule has 1 aliphatic rings. The number of likely N-dealkylation sites (tertiary alicyclic amines) is 1. The average molecular weight is 427 g/mol. The molecule has 2 aromatic carbocycles. The Labute approximate surface area is 187 Å². The molecular weight excluding hydrogens is 400 g/mol. The van der Waals surface area contributed by atoms with Crippen molar-refractivity contribution in [3.05, 3.63) is 84.8 Å².